The number of methoxy groups -OCH3 is 1. The fraction of sp³-hybridized carbons (Fsp3) is 0.523. The maximum Gasteiger partial charge on any atom is 0.407 e. The summed E-state index contributed by atoms with van der Waals surface area (Å²) in [5, 5.41) is 2.70. The molecule has 2 aliphatic heterocycles. The van der Waals surface area contributed by atoms with Crippen molar-refractivity contribution in [1.29, 1.82) is 0 Å². The fourth-order valence-corrected chi connectivity index (χ4v) is 8.43. The number of carbonyl (C=O) groups excluding carboxylic acids is 3. The van der Waals surface area contributed by atoms with Crippen molar-refractivity contribution in [3.63, 3.8) is 0 Å². The number of nitrogens with zero attached hydrogens (tertiary/aromatic N) is 4. The van der Waals surface area contributed by atoms with Crippen LogP contribution in [0.2, 0.25) is 0 Å². The molecule has 3 aliphatic rings. The van der Waals surface area contributed by atoms with Gasteiger partial charge in [0, 0.05) is 24.9 Å². The Balaban J connectivity index is 0.986. The fourth-order valence-electron chi connectivity index (χ4n) is 8.43. The Morgan fingerprint density at radius 2 is 1.46 bits per heavy atom. The number of H-pyrrole nitrogens is 2. The second-order valence-electron chi connectivity index (χ2n) is 16.9. The summed E-state index contributed by atoms with van der Waals surface area (Å²) in [5.74, 6) is 1.51. The van der Waals surface area contributed by atoms with Gasteiger partial charge in [0.05, 0.1) is 68.4 Å². The third-order valence-corrected chi connectivity index (χ3v) is 11.6. The second kappa shape index (κ2) is 17.2. The molecule has 13 heteroatoms. The number of imidazole rings is 2. The van der Waals surface area contributed by atoms with Crippen LogP contribution in [-0.2, 0) is 23.8 Å². The SMILES string of the molecule is COC(=O)N[C@@H](C(=O)N1CCC[C@H]1c1ncc(-c2ccc(-c3ccc(-c4cnc([C@@H]5CCC[C@H]5C(=O)N5CCOC[C@H]5COC(C)(C)C)[nH]4)cc3)cc2)[nH]1)C(C)C. The normalized spacial score (nSPS) is 21.9. The van der Waals surface area contributed by atoms with Gasteiger partial charge in [0.2, 0.25) is 11.8 Å². The van der Waals surface area contributed by atoms with Crippen LogP contribution < -0.4 is 5.32 Å². The van der Waals surface area contributed by atoms with E-state index in [1.165, 1.54) is 7.11 Å². The van der Waals surface area contributed by atoms with Gasteiger partial charge in [-0.3, -0.25) is 9.59 Å². The number of benzene rings is 2. The van der Waals surface area contributed by atoms with Gasteiger partial charge >= 0.3 is 6.09 Å². The number of hydrogen-bond acceptors (Lipinski definition) is 8. The van der Waals surface area contributed by atoms with Gasteiger partial charge in [-0.25, -0.2) is 14.8 Å². The zero-order valence-electron chi connectivity index (χ0n) is 34.0. The first kappa shape index (κ1) is 40.2. The predicted molar refractivity (Wildman–Crippen MR) is 217 cm³/mol. The average Bonchev–Trinajstić information content (AvgIpc) is 4.05. The third-order valence-electron chi connectivity index (χ3n) is 11.6. The minimum atomic E-state index is -0.679. The Kier molecular flexibility index (Phi) is 12.2. The number of alkyl carbamates (subject to hydrolysis) is 1. The van der Waals surface area contributed by atoms with Crippen molar-refractivity contribution in [2.45, 2.75) is 96.4 Å². The Hall–Kier alpha value is -5.01. The molecule has 1 aliphatic carbocycles. The number of ether oxygens (including phenoxy) is 3. The smallest absolute Gasteiger partial charge is 0.407 e. The molecule has 2 aromatic carbocycles. The highest BCUT2D eigenvalue weighted by molar-refractivity contribution is 5.86. The van der Waals surface area contributed by atoms with E-state index < -0.39 is 12.1 Å². The summed E-state index contributed by atoms with van der Waals surface area (Å²) < 4.78 is 16.6. The lowest BCUT2D eigenvalue weighted by molar-refractivity contribution is -0.150. The number of aromatic amines is 2. The van der Waals surface area contributed by atoms with Crippen molar-refractivity contribution in [1.82, 2.24) is 35.1 Å². The lowest BCUT2D eigenvalue weighted by Crippen LogP contribution is -2.53. The Morgan fingerprint density at radius 3 is 2.07 bits per heavy atom. The summed E-state index contributed by atoms with van der Waals surface area (Å²) in [6.45, 7) is 12.6. The molecule has 2 aromatic heterocycles. The van der Waals surface area contributed by atoms with E-state index in [-0.39, 0.29) is 47.3 Å². The van der Waals surface area contributed by atoms with Crippen molar-refractivity contribution in [3.8, 4) is 33.6 Å². The number of aromatic nitrogens is 4. The minimum Gasteiger partial charge on any atom is -0.453 e. The molecule has 5 atom stereocenters. The zero-order valence-corrected chi connectivity index (χ0v) is 34.0. The van der Waals surface area contributed by atoms with Crippen LogP contribution in [0.1, 0.15) is 90.3 Å². The molecular formula is C44H57N7O6. The van der Waals surface area contributed by atoms with E-state index in [1.54, 1.807) is 0 Å². The van der Waals surface area contributed by atoms with Crippen LogP contribution in [0.3, 0.4) is 0 Å². The Bertz CT molecular complexity index is 2000. The third kappa shape index (κ3) is 9.10. The molecule has 4 heterocycles. The number of amides is 3. The van der Waals surface area contributed by atoms with E-state index in [1.807, 2.05) is 56.8 Å². The van der Waals surface area contributed by atoms with E-state index in [2.05, 4.69) is 68.8 Å². The predicted octanol–water partition coefficient (Wildman–Crippen LogP) is 7.10. The molecule has 0 spiro atoms. The molecule has 0 bridgehead atoms. The summed E-state index contributed by atoms with van der Waals surface area (Å²) in [5.41, 5.74) is 5.73. The lowest BCUT2D eigenvalue weighted by Gasteiger charge is -2.39. The molecule has 304 valence electrons. The summed E-state index contributed by atoms with van der Waals surface area (Å²) >= 11 is 0. The van der Waals surface area contributed by atoms with Crippen molar-refractivity contribution in [3.05, 3.63) is 72.6 Å². The highest BCUT2D eigenvalue weighted by Crippen LogP contribution is 2.41. The molecule has 0 radical (unpaired) electrons. The van der Waals surface area contributed by atoms with Gasteiger partial charge in [-0.2, -0.15) is 0 Å². The standard InChI is InChI=1S/C44H57N7O6/c1-27(2)38(49-43(54)55-6)42(53)51-20-8-11-37(51)40-46-24-36(48-40)31-18-14-29(15-19-31)28-12-16-30(17-13-28)35-23-45-39(47-35)33-9-7-10-34(33)41(52)50-21-22-56-25-32(50)26-57-44(3,4)5/h12-19,23-24,27,32-34,37-38H,7-11,20-22,25-26H2,1-6H3,(H,45,47)(H,46,48)(H,49,54)/t32-,33+,34+,37-,38+/m0/s1. The van der Waals surface area contributed by atoms with Gasteiger partial charge in [-0.05, 0) is 74.6 Å². The number of carbonyl (C=O) groups is 3. The van der Waals surface area contributed by atoms with Crippen LogP contribution in [0.5, 0.6) is 0 Å². The molecule has 1 saturated carbocycles. The van der Waals surface area contributed by atoms with Crippen LogP contribution in [0.15, 0.2) is 60.9 Å². The van der Waals surface area contributed by atoms with Crippen molar-refractivity contribution < 1.29 is 28.6 Å². The van der Waals surface area contributed by atoms with Gasteiger partial charge in [-0.15, -0.1) is 0 Å². The van der Waals surface area contributed by atoms with Gasteiger partial charge in [0.15, 0.2) is 0 Å². The molecule has 3 amide bonds. The van der Waals surface area contributed by atoms with Crippen LogP contribution in [0.4, 0.5) is 4.79 Å². The molecule has 0 unspecified atom stereocenters. The molecule has 13 nitrogen and oxygen atoms in total. The van der Waals surface area contributed by atoms with Crippen LogP contribution in [0.25, 0.3) is 33.6 Å². The van der Waals surface area contributed by atoms with Gasteiger partial charge in [-0.1, -0.05) is 68.8 Å². The van der Waals surface area contributed by atoms with E-state index in [4.69, 9.17) is 19.2 Å². The number of nitrogens with one attached hydrogen (secondary N) is 3. The van der Waals surface area contributed by atoms with E-state index in [0.717, 1.165) is 77.4 Å². The maximum absolute atomic E-state index is 14.0. The van der Waals surface area contributed by atoms with Crippen molar-refractivity contribution >= 4 is 17.9 Å². The zero-order chi connectivity index (χ0) is 40.3. The van der Waals surface area contributed by atoms with Crippen LogP contribution in [0, 0.1) is 11.8 Å². The summed E-state index contributed by atoms with van der Waals surface area (Å²) in [7, 11) is 1.30. The van der Waals surface area contributed by atoms with E-state index in [9.17, 15) is 14.4 Å². The topological polar surface area (TPSA) is 155 Å². The number of hydrogen-bond donors (Lipinski definition) is 3. The van der Waals surface area contributed by atoms with E-state index in [0.29, 0.717) is 32.9 Å². The van der Waals surface area contributed by atoms with Crippen molar-refractivity contribution in [2.24, 2.45) is 11.8 Å². The van der Waals surface area contributed by atoms with Gasteiger partial charge in [0.25, 0.3) is 0 Å². The van der Waals surface area contributed by atoms with Crippen molar-refractivity contribution in [2.75, 3.05) is 40.0 Å². The summed E-state index contributed by atoms with van der Waals surface area (Å²) in [6.07, 6.45) is 7.52. The first-order chi connectivity index (χ1) is 27.4. The molecule has 4 aromatic rings. The molecule has 57 heavy (non-hydrogen) atoms. The molecule has 3 fully saturated rings. The first-order valence-electron chi connectivity index (χ1n) is 20.4. The van der Waals surface area contributed by atoms with Gasteiger partial charge < -0.3 is 39.3 Å². The highest BCUT2D eigenvalue weighted by atomic mass is 16.5. The number of likely N-dealkylation sites (tertiary alicyclic amines) is 1. The quantitative estimate of drug-likeness (QED) is 0.146. The molecule has 2 saturated heterocycles. The average molecular weight is 780 g/mol. The number of rotatable bonds is 11. The van der Waals surface area contributed by atoms with Crippen LogP contribution in [-0.4, -0.2) is 105 Å². The maximum atomic E-state index is 14.0. The van der Waals surface area contributed by atoms with Crippen LogP contribution >= 0.6 is 0 Å². The molecule has 7 rings (SSSR count). The molecule has 3 N–H and O–H groups in total. The first-order valence-corrected chi connectivity index (χ1v) is 20.4. The number of morpholine rings is 1. The van der Waals surface area contributed by atoms with Gasteiger partial charge in [0.1, 0.15) is 17.7 Å². The highest BCUT2D eigenvalue weighted by Gasteiger charge is 2.41. The molecular weight excluding hydrogens is 723 g/mol. The second-order valence-corrected chi connectivity index (χ2v) is 16.9. The summed E-state index contributed by atoms with van der Waals surface area (Å²) in [4.78, 5) is 59.8. The minimum absolute atomic E-state index is 0.0502. The Labute approximate surface area is 335 Å². The summed E-state index contributed by atoms with van der Waals surface area (Å²) in [6, 6.07) is 15.8. The lowest BCUT2D eigenvalue weighted by atomic mass is 9.93. The Morgan fingerprint density at radius 1 is 0.842 bits per heavy atom. The monoisotopic (exact) mass is 779 g/mol. The van der Waals surface area contributed by atoms with E-state index >= 15 is 0 Å². The largest absolute Gasteiger partial charge is 0.453 e.